The molecule has 0 bridgehead atoms. The molecule has 0 radical (unpaired) electrons. The Morgan fingerprint density at radius 2 is 1.93 bits per heavy atom. The molecule has 2 atom stereocenters. The van der Waals surface area contributed by atoms with Crippen LogP contribution in [0.25, 0.3) is 11.1 Å². The number of nitrogens with zero attached hydrogens (tertiary/aromatic N) is 1. The van der Waals surface area contributed by atoms with Gasteiger partial charge in [0, 0.05) is 26.1 Å². The molecule has 2 aromatic carbocycles. The van der Waals surface area contributed by atoms with Crippen LogP contribution >= 0.6 is 0 Å². The van der Waals surface area contributed by atoms with Crippen LogP contribution in [0, 0.1) is 0 Å². The number of morpholine rings is 1. The minimum Gasteiger partial charge on any atom is -0.491 e. The van der Waals surface area contributed by atoms with Gasteiger partial charge in [-0.2, -0.15) is 0 Å². The molecular weight excluding hydrogens is 364 g/mol. The zero-order valence-corrected chi connectivity index (χ0v) is 17.9. The summed E-state index contributed by atoms with van der Waals surface area (Å²) < 4.78 is 11.2. The summed E-state index contributed by atoms with van der Waals surface area (Å²) in [6.07, 6.45) is 0.617. The van der Waals surface area contributed by atoms with Gasteiger partial charge in [0.25, 0.3) is 0 Å². The quantitative estimate of drug-likeness (QED) is 0.767. The van der Waals surface area contributed by atoms with E-state index in [9.17, 15) is 4.79 Å². The van der Waals surface area contributed by atoms with E-state index in [2.05, 4.69) is 48.6 Å². The third-order valence-electron chi connectivity index (χ3n) is 5.32. The summed E-state index contributed by atoms with van der Waals surface area (Å²) in [4.78, 5) is 14.6. The van der Waals surface area contributed by atoms with E-state index in [1.807, 2.05) is 37.9 Å². The monoisotopic (exact) mass is 396 g/mol. The number of nitrogens with one attached hydrogen (secondary N) is 1. The lowest BCUT2D eigenvalue weighted by molar-refractivity contribution is -0.133. The number of amides is 1. The Balaban J connectivity index is 1.68. The van der Waals surface area contributed by atoms with Crippen molar-refractivity contribution in [2.75, 3.05) is 26.8 Å². The molecule has 3 rings (SSSR count). The number of rotatable bonds is 7. The van der Waals surface area contributed by atoms with Crippen LogP contribution in [0.15, 0.2) is 48.5 Å². The molecule has 1 aliphatic rings. The van der Waals surface area contributed by atoms with Crippen LogP contribution in [0.5, 0.6) is 5.75 Å². The Morgan fingerprint density at radius 3 is 2.59 bits per heavy atom. The highest BCUT2D eigenvalue weighted by Crippen LogP contribution is 2.27. The van der Waals surface area contributed by atoms with E-state index in [1.54, 1.807) is 0 Å². The first-order valence-electron chi connectivity index (χ1n) is 10.4. The number of ether oxygens (including phenoxy) is 2. The second kappa shape index (κ2) is 9.90. The number of hydrogen-bond donors (Lipinski definition) is 1. The Hall–Kier alpha value is -2.37. The predicted molar refractivity (Wildman–Crippen MR) is 116 cm³/mol. The van der Waals surface area contributed by atoms with Crippen LogP contribution in [0.4, 0.5) is 0 Å². The van der Waals surface area contributed by atoms with Crippen molar-refractivity contribution in [1.82, 2.24) is 10.2 Å². The van der Waals surface area contributed by atoms with Crippen molar-refractivity contribution in [2.45, 2.75) is 45.4 Å². The molecule has 2 unspecified atom stereocenters. The largest absolute Gasteiger partial charge is 0.491 e. The fourth-order valence-electron chi connectivity index (χ4n) is 3.52. The van der Waals surface area contributed by atoms with E-state index in [0.29, 0.717) is 19.6 Å². The van der Waals surface area contributed by atoms with Gasteiger partial charge in [-0.3, -0.25) is 4.79 Å². The number of hydrogen-bond acceptors (Lipinski definition) is 4. The molecule has 5 nitrogen and oxygen atoms in total. The van der Waals surface area contributed by atoms with Crippen molar-refractivity contribution >= 4 is 5.91 Å². The van der Waals surface area contributed by atoms with Crippen molar-refractivity contribution in [3.05, 3.63) is 54.1 Å². The average Bonchev–Trinajstić information content (AvgIpc) is 2.73. The van der Waals surface area contributed by atoms with Crippen molar-refractivity contribution in [1.29, 1.82) is 0 Å². The summed E-state index contributed by atoms with van der Waals surface area (Å²) in [5, 5.41) is 3.35. The van der Waals surface area contributed by atoms with Gasteiger partial charge in [-0.1, -0.05) is 30.3 Å². The second-order valence-electron chi connectivity index (χ2n) is 7.93. The van der Waals surface area contributed by atoms with Crippen LogP contribution in [0.1, 0.15) is 38.8 Å². The second-order valence-corrected chi connectivity index (χ2v) is 7.93. The first-order chi connectivity index (χ1) is 13.9. The molecule has 1 fully saturated rings. The molecule has 1 saturated heterocycles. The molecule has 1 amide bonds. The highest BCUT2D eigenvalue weighted by molar-refractivity contribution is 5.77. The number of carbonyl (C=O) groups is 1. The van der Waals surface area contributed by atoms with E-state index >= 15 is 0 Å². The molecule has 1 aliphatic heterocycles. The van der Waals surface area contributed by atoms with Crippen LogP contribution in [0.2, 0.25) is 0 Å². The molecule has 1 heterocycles. The lowest BCUT2D eigenvalue weighted by Gasteiger charge is -2.29. The fraction of sp³-hybridized carbons (Fsp3) is 0.458. The summed E-state index contributed by atoms with van der Waals surface area (Å²) in [7, 11) is 1.88. The summed E-state index contributed by atoms with van der Waals surface area (Å²) in [6, 6.07) is 16.6. The molecule has 5 heteroatoms. The predicted octanol–water partition coefficient (Wildman–Crippen LogP) is 4.04. The van der Waals surface area contributed by atoms with Gasteiger partial charge in [0.05, 0.1) is 25.4 Å². The van der Waals surface area contributed by atoms with Crippen molar-refractivity contribution < 1.29 is 14.3 Å². The van der Waals surface area contributed by atoms with E-state index in [4.69, 9.17) is 9.47 Å². The van der Waals surface area contributed by atoms with Gasteiger partial charge in [-0.15, -0.1) is 0 Å². The van der Waals surface area contributed by atoms with Crippen LogP contribution in [-0.4, -0.2) is 49.8 Å². The van der Waals surface area contributed by atoms with Gasteiger partial charge in [0.15, 0.2) is 0 Å². The van der Waals surface area contributed by atoms with Crippen molar-refractivity contribution in [3.63, 3.8) is 0 Å². The topological polar surface area (TPSA) is 50.8 Å². The maximum Gasteiger partial charge on any atom is 0.224 e. The van der Waals surface area contributed by atoms with Gasteiger partial charge in [-0.05, 0) is 55.7 Å². The summed E-state index contributed by atoms with van der Waals surface area (Å²) in [5.41, 5.74) is 3.38. The van der Waals surface area contributed by atoms with Crippen LogP contribution < -0.4 is 10.1 Å². The molecule has 0 saturated carbocycles. The lowest BCUT2D eigenvalue weighted by Crippen LogP contribution is -2.44. The zero-order valence-electron chi connectivity index (χ0n) is 17.9. The van der Waals surface area contributed by atoms with E-state index in [-0.39, 0.29) is 24.1 Å². The average molecular weight is 397 g/mol. The SMILES string of the molecule is CC(C)Oc1ccc(-c2cccc(C(C)N(C)C(=O)CC3COCCN3)c2)cc1. The van der Waals surface area contributed by atoms with E-state index in [1.165, 1.54) is 0 Å². The highest BCUT2D eigenvalue weighted by Gasteiger charge is 2.22. The van der Waals surface area contributed by atoms with Gasteiger partial charge < -0.3 is 19.7 Å². The number of benzene rings is 2. The third kappa shape index (κ3) is 5.81. The maximum absolute atomic E-state index is 12.7. The Kier molecular flexibility index (Phi) is 7.29. The maximum atomic E-state index is 12.7. The Morgan fingerprint density at radius 1 is 1.17 bits per heavy atom. The molecule has 2 aromatic rings. The summed E-state index contributed by atoms with van der Waals surface area (Å²) in [5.74, 6) is 1.000. The molecular formula is C24H32N2O3. The normalized spacial score (nSPS) is 17.8. The first-order valence-corrected chi connectivity index (χ1v) is 10.4. The minimum atomic E-state index is -0.00416. The Bertz CT molecular complexity index is 798. The van der Waals surface area contributed by atoms with Gasteiger partial charge in [0.1, 0.15) is 5.75 Å². The van der Waals surface area contributed by atoms with Crippen LogP contribution in [0.3, 0.4) is 0 Å². The van der Waals surface area contributed by atoms with E-state index < -0.39 is 0 Å². The van der Waals surface area contributed by atoms with Gasteiger partial charge in [-0.25, -0.2) is 0 Å². The van der Waals surface area contributed by atoms with Crippen molar-refractivity contribution in [2.24, 2.45) is 0 Å². The molecule has 0 aromatic heterocycles. The smallest absolute Gasteiger partial charge is 0.224 e. The minimum absolute atomic E-state index is 0.00416. The van der Waals surface area contributed by atoms with E-state index in [0.717, 1.165) is 29.0 Å². The van der Waals surface area contributed by atoms with Crippen molar-refractivity contribution in [3.8, 4) is 16.9 Å². The molecule has 29 heavy (non-hydrogen) atoms. The fourth-order valence-corrected chi connectivity index (χ4v) is 3.52. The molecule has 156 valence electrons. The van der Waals surface area contributed by atoms with Gasteiger partial charge in [0.2, 0.25) is 5.91 Å². The Labute approximate surface area is 174 Å². The zero-order chi connectivity index (χ0) is 20.8. The molecule has 0 aliphatic carbocycles. The molecule has 1 N–H and O–H groups in total. The summed E-state index contributed by atoms with van der Waals surface area (Å²) in [6.45, 7) is 8.23. The standard InChI is InChI=1S/C24H32N2O3/c1-17(2)29-23-10-8-19(9-11-23)21-7-5-6-20(14-21)18(3)26(4)24(27)15-22-16-28-13-12-25-22/h5-11,14,17-18,22,25H,12-13,15-16H2,1-4H3. The summed E-state index contributed by atoms with van der Waals surface area (Å²) >= 11 is 0. The first kappa shape index (κ1) is 21.3. The van der Waals surface area contributed by atoms with Gasteiger partial charge >= 0.3 is 0 Å². The highest BCUT2D eigenvalue weighted by atomic mass is 16.5. The molecule has 0 spiro atoms. The van der Waals surface area contributed by atoms with Crippen LogP contribution in [-0.2, 0) is 9.53 Å². The third-order valence-corrected chi connectivity index (χ3v) is 5.32. The lowest BCUT2D eigenvalue weighted by atomic mass is 9.99. The number of carbonyl (C=O) groups excluding carboxylic acids is 1.